The van der Waals surface area contributed by atoms with E-state index in [1.54, 1.807) is 0 Å². The predicted octanol–water partition coefficient (Wildman–Crippen LogP) is 0.895. The zero-order valence-corrected chi connectivity index (χ0v) is 11.4. The van der Waals surface area contributed by atoms with Gasteiger partial charge in [0.1, 0.15) is 6.10 Å². The highest BCUT2D eigenvalue weighted by Gasteiger charge is 2.40. The van der Waals surface area contributed by atoms with Crippen molar-refractivity contribution in [2.24, 2.45) is 4.95 Å². The number of aliphatic hydroxyl groups is 1. The molecule has 1 aliphatic heterocycles. The number of hydrogen-bond donors (Lipinski definition) is 2. The van der Waals surface area contributed by atoms with Crippen molar-refractivity contribution in [1.29, 1.82) is 0 Å². The van der Waals surface area contributed by atoms with E-state index in [1.807, 2.05) is 4.95 Å². The lowest BCUT2D eigenvalue weighted by atomic mass is 10.2. The van der Waals surface area contributed by atoms with Crippen LogP contribution in [0.5, 0.6) is 0 Å². The first-order chi connectivity index (χ1) is 7.84. The van der Waals surface area contributed by atoms with Crippen LogP contribution in [0.2, 0.25) is 0 Å². The summed E-state index contributed by atoms with van der Waals surface area (Å²) >= 11 is 0. The summed E-state index contributed by atoms with van der Waals surface area (Å²) in [5.74, 6) is -0.272. The van der Waals surface area contributed by atoms with E-state index in [0.717, 1.165) is 0 Å². The SMILES string of the molecule is O=N[P+](=O)OP(=O)(O)OC[C@H]1O[C@@H](P)CC1O. The van der Waals surface area contributed by atoms with Crippen LogP contribution in [0.25, 0.3) is 0 Å². The van der Waals surface area contributed by atoms with E-state index in [0.29, 0.717) is 6.42 Å². The first kappa shape index (κ1) is 15.2. The van der Waals surface area contributed by atoms with Crippen molar-refractivity contribution in [3.05, 3.63) is 4.91 Å². The molecule has 1 heterocycles. The average molecular weight is 306 g/mol. The van der Waals surface area contributed by atoms with Gasteiger partial charge in [0.05, 0.1) is 18.6 Å². The van der Waals surface area contributed by atoms with Crippen LogP contribution < -0.4 is 0 Å². The van der Waals surface area contributed by atoms with Crippen molar-refractivity contribution in [2.45, 2.75) is 24.5 Å². The Morgan fingerprint density at radius 3 is 2.76 bits per heavy atom. The van der Waals surface area contributed by atoms with E-state index < -0.39 is 34.8 Å². The molecule has 0 aromatic heterocycles. The molecule has 0 amide bonds. The Balaban J connectivity index is 2.41. The molecule has 0 aromatic carbocycles. The summed E-state index contributed by atoms with van der Waals surface area (Å²) in [6, 6.07) is 0. The van der Waals surface area contributed by atoms with Gasteiger partial charge in [0.25, 0.3) is 0 Å². The number of nitroso groups, excluding NO2 is 1. The maximum atomic E-state index is 11.1. The van der Waals surface area contributed by atoms with Gasteiger partial charge in [-0.2, -0.15) is 0 Å². The van der Waals surface area contributed by atoms with Gasteiger partial charge in [-0.3, -0.25) is 4.52 Å². The van der Waals surface area contributed by atoms with E-state index in [1.165, 1.54) is 0 Å². The Kier molecular flexibility index (Phi) is 5.70. The maximum absolute atomic E-state index is 11.1. The standard InChI is InChI=1S/C5H10NO8P3/c7-3-1-5(15)13-4(3)2-12-17(10,11)14-16(9)6-8/h3-5,7H,1-2,15H2/p+1/t3?,4-,5+/m1/s1. The average Bonchev–Trinajstić information content (AvgIpc) is 2.54. The molecule has 0 bridgehead atoms. The number of ether oxygens (including phenoxy) is 1. The fourth-order valence-electron chi connectivity index (χ4n) is 1.21. The highest BCUT2D eigenvalue weighted by atomic mass is 31.2. The monoisotopic (exact) mass is 306 g/mol. The van der Waals surface area contributed by atoms with Crippen LogP contribution in [0.15, 0.2) is 4.95 Å². The first-order valence-electron chi connectivity index (χ1n) is 4.41. The van der Waals surface area contributed by atoms with Crippen molar-refractivity contribution in [2.75, 3.05) is 6.61 Å². The highest BCUT2D eigenvalue weighted by molar-refractivity contribution is 7.57. The minimum atomic E-state index is -4.64. The van der Waals surface area contributed by atoms with Gasteiger partial charge in [0.2, 0.25) is 4.95 Å². The van der Waals surface area contributed by atoms with Gasteiger partial charge in [-0.05, 0) is 4.31 Å². The van der Waals surface area contributed by atoms with E-state index in [-0.39, 0.29) is 5.85 Å². The van der Waals surface area contributed by atoms with E-state index in [9.17, 15) is 19.1 Å². The summed E-state index contributed by atoms with van der Waals surface area (Å²) in [5.41, 5.74) is 0. The normalized spacial score (nSPS) is 33.1. The van der Waals surface area contributed by atoms with Gasteiger partial charge in [0.15, 0.2) is 0 Å². The van der Waals surface area contributed by atoms with Crippen LogP contribution >= 0.6 is 25.2 Å². The second kappa shape index (κ2) is 6.36. The lowest BCUT2D eigenvalue weighted by Crippen LogP contribution is -2.25. The number of aliphatic hydroxyl groups excluding tert-OH is 1. The van der Waals surface area contributed by atoms with Crippen LogP contribution in [-0.4, -0.2) is 34.7 Å². The van der Waals surface area contributed by atoms with Gasteiger partial charge < -0.3 is 14.7 Å². The molecule has 0 saturated carbocycles. The zero-order valence-electron chi connectivity index (χ0n) is 8.41. The molecule has 0 spiro atoms. The number of phosphoric acid groups is 1. The Labute approximate surface area is 99.5 Å². The molecule has 0 radical (unpaired) electrons. The largest absolute Gasteiger partial charge is 0.719 e. The Morgan fingerprint density at radius 2 is 2.29 bits per heavy atom. The molecular formula is C5H11NO8P3+. The second-order valence-electron chi connectivity index (χ2n) is 3.18. The van der Waals surface area contributed by atoms with E-state index in [2.05, 4.69) is 18.1 Å². The lowest BCUT2D eigenvalue weighted by molar-refractivity contribution is -0.00206. The molecule has 6 atom stereocenters. The third-order valence-electron chi connectivity index (χ3n) is 1.89. The molecule has 1 aliphatic rings. The number of nitrogens with zero attached hydrogens (tertiary/aromatic N) is 1. The Hall–Kier alpha value is 0.160. The van der Waals surface area contributed by atoms with Gasteiger partial charge in [0, 0.05) is 11.0 Å². The third kappa shape index (κ3) is 5.12. The zero-order chi connectivity index (χ0) is 13.1. The van der Waals surface area contributed by atoms with Crippen molar-refractivity contribution < 1.29 is 32.7 Å². The fraction of sp³-hybridized carbons (Fsp3) is 1.00. The molecule has 0 aliphatic carbocycles. The fourth-order valence-corrected chi connectivity index (χ4v) is 3.04. The molecule has 0 aromatic rings. The van der Waals surface area contributed by atoms with Crippen LogP contribution in [0.1, 0.15) is 6.42 Å². The summed E-state index contributed by atoms with van der Waals surface area (Å²) in [6.07, 6.45) is -1.28. The number of phosphoric ester groups is 1. The molecule has 12 heteroatoms. The molecule has 17 heavy (non-hydrogen) atoms. The predicted molar refractivity (Wildman–Crippen MR) is 59.3 cm³/mol. The molecule has 9 nitrogen and oxygen atoms in total. The molecule has 98 valence electrons. The van der Waals surface area contributed by atoms with Crippen LogP contribution in [0, 0.1) is 4.91 Å². The second-order valence-corrected chi connectivity index (χ2v) is 6.41. The van der Waals surface area contributed by atoms with Crippen molar-refractivity contribution in [1.82, 2.24) is 0 Å². The first-order valence-corrected chi connectivity index (χ1v) is 7.70. The summed E-state index contributed by atoms with van der Waals surface area (Å²) < 4.78 is 35.0. The van der Waals surface area contributed by atoms with E-state index >= 15 is 0 Å². The molecular weight excluding hydrogens is 295 g/mol. The van der Waals surface area contributed by atoms with Crippen molar-refractivity contribution in [3.63, 3.8) is 0 Å². The van der Waals surface area contributed by atoms with Crippen LogP contribution in [0.4, 0.5) is 0 Å². The van der Waals surface area contributed by atoms with Gasteiger partial charge >= 0.3 is 16.0 Å². The van der Waals surface area contributed by atoms with Crippen LogP contribution in [0.3, 0.4) is 0 Å². The van der Waals surface area contributed by atoms with Crippen molar-refractivity contribution in [3.8, 4) is 0 Å². The van der Waals surface area contributed by atoms with E-state index in [4.69, 9.17) is 9.63 Å². The minimum Gasteiger partial charge on any atom is -0.390 e. The van der Waals surface area contributed by atoms with Crippen molar-refractivity contribution >= 4 is 25.2 Å². The summed E-state index contributed by atoms with van der Waals surface area (Å²) in [4.78, 5) is 20.7. The molecule has 1 fully saturated rings. The minimum absolute atomic E-state index is 0.272. The topological polar surface area (TPSA) is 132 Å². The summed E-state index contributed by atoms with van der Waals surface area (Å²) in [6.45, 7) is -0.429. The number of hydrogen-bond acceptors (Lipinski definition) is 7. The summed E-state index contributed by atoms with van der Waals surface area (Å²) in [5, 5.41) is 9.43. The van der Waals surface area contributed by atoms with Gasteiger partial charge in [-0.15, -0.1) is 9.24 Å². The smallest absolute Gasteiger partial charge is 0.390 e. The Morgan fingerprint density at radius 1 is 1.65 bits per heavy atom. The third-order valence-corrected chi connectivity index (χ3v) is 4.32. The van der Waals surface area contributed by atoms with Gasteiger partial charge in [-0.25, -0.2) is 4.57 Å². The van der Waals surface area contributed by atoms with Crippen LogP contribution in [-0.2, 0) is 22.7 Å². The molecule has 4 unspecified atom stereocenters. The van der Waals surface area contributed by atoms with Gasteiger partial charge in [-0.1, -0.05) is 4.91 Å². The highest BCUT2D eigenvalue weighted by Crippen LogP contribution is 2.52. The summed E-state index contributed by atoms with van der Waals surface area (Å²) in [7, 11) is -5.44. The number of rotatable bonds is 6. The lowest BCUT2D eigenvalue weighted by Gasteiger charge is -2.14. The molecule has 2 N–H and O–H groups in total. The molecule has 1 rings (SSSR count). The Bertz CT molecular complexity index is 350. The molecule has 1 saturated heterocycles. The maximum Gasteiger partial charge on any atom is 0.719 e. The quantitative estimate of drug-likeness (QED) is 0.546.